The predicted molar refractivity (Wildman–Crippen MR) is 135 cm³/mol. The molecule has 0 amide bonds. The third-order valence-electron chi connectivity index (χ3n) is 4.52. The minimum absolute atomic E-state index is 0. The van der Waals surface area contributed by atoms with Crippen molar-refractivity contribution in [2.45, 2.75) is 57.8 Å². The van der Waals surface area contributed by atoms with E-state index in [4.69, 9.17) is 91.7 Å². The second-order valence-corrected chi connectivity index (χ2v) is 9.66. The van der Waals surface area contributed by atoms with Crippen LogP contribution in [0.25, 0.3) is 0 Å². The summed E-state index contributed by atoms with van der Waals surface area (Å²) in [5.41, 5.74) is 22.7. The first kappa shape index (κ1) is 28.1. The van der Waals surface area contributed by atoms with Crippen LogP contribution in [0, 0.1) is 0 Å². The summed E-state index contributed by atoms with van der Waals surface area (Å²) in [7, 11) is 0. The fraction of sp³-hybridized carbons (Fsp3) is 0.500. The second kappa shape index (κ2) is 14.1. The van der Waals surface area contributed by atoms with E-state index in [9.17, 15) is 0 Å². The van der Waals surface area contributed by atoms with Crippen LogP contribution in [0.3, 0.4) is 0 Å². The molecule has 3 aliphatic carbocycles. The van der Waals surface area contributed by atoms with E-state index in [1.807, 2.05) is 0 Å². The van der Waals surface area contributed by atoms with Crippen LogP contribution in [0.5, 0.6) is 0 Å². The van der Waals surface area contributed by atoms with Crippen LogP contribution in [0.15, 0.2) is 33.8 Å². The molecular weight excluding hydrogens is 506 g/mol. The van der Waals surface area contributed by atoms with E-state index in [1.165, 1.54) is 0 Å². The van der Waals surface area contributed by atoms with Crippen LogP contribution in [-0.4, -0.2) is 12.6 Å². The van der Waals surface area contributed by atoms with E-state index in [0.717, 1.165) is 91.6 Å². The van der Waals surface area contributed by atoms with Crippen LogP contribution < -0.4 is 17.2 Å². The van der Waals surface area contributed by atoms with Crippen molar-refractivity contribution in [3.8, 4) is 0 Å². The molecule has 10 heteroatoms. The van der Waals surface area contributed by atoms with Crippen molar-refractivity contribution in [1.82, 2.24) is 0 Å². The molecule has 0 aromatic rings. The molecule has 0 heterocycles. The summed E-state index contributed by atoms with van der Waals surface area (Å²) >= 11 is 28.9. The fourth-order valence-corrected chi connectivity index (χ4v) is 4.40. The zero-order valence-corrected chi connectivity index (χ0v) is 21.4. The molecule has 0 atom stereocenters. The smallest absolute Gasteiger partial charge is 0.428 e. The Bertz CT molecular complexity index is 617. The zero-order valence-electron chi connectivity index (χ0n) is 15.4. The molecule has 0 aromatic carbocycles. The molecule has 28 heavy (non-hydrogen) atoms. The molecule has 3 aliphatic rings. The van der Waals surface area contributed by atoms with Gasteiger partial charge in [-0.2, -0.15) is 0 Å². The number of nitrogens with two attached hydrogens (primary N) is 3. The Morgan fingerprint density at radius 2 is 0.750 bits per heavy atom. The van der Waals surface area contributed by atoms with Gasteiger partial charge in [-0.3, -0.25) is 0 Å². The Labute approximate surface area is 211 Å². The van der Waals surface area contributed by atoms with Crippen molar-refractivity contribution in [2.24, 2.45) is 17.2 Å². The summed E-state index contributed by atoms with van der Waals surface area (Å²) in [6.45, 7) is 0. The average Bonchev–Trinajstić information content (AvgIpc) is 3.29. The van der Waals surface area contributed by atoms with Crippen molar-refractivity contribution < 1.29 is 17.1 Å². The Balaban J connectivity index is 0.000000384. The molecule has 0 unspecified atom stereocenters. The third kappa shape index (κ3) is 9.26. The molecular formula is C18H24FeN3S6. The first-order valence-electron chi connectivity index (χ1n) is 8.71. The normalized spacial score (nSPS) is 18.0. The Morgan fingerprint density at radius 1 is 0.536 bits per heavy atom. The number of thiocarbonyl (C=S) groups is 3. The topological polar surface area (TPSA) is 78.1 Å². The molecule has 0 spiro atoms. The van der Waals surface area contributed by atoms with Gasteiger partial charge in [0.15, 0.2) is 0 Å². The summed E-state index contributed by atoms with van der Waals surface area (Å²) in [6.07, 6.45) is 9.29. The van der Waals surface area contributed by atoms with E-state index in [1.54, 1.807) is 0 Å². The Kier molecular flexibility index (Phi) is 14.2. The van der Waals surface area contributed by atoms with Gasteiger partial charge in [-0.05, 0) is 74.5 Å². The maximum absolute atomic E-state index is 5.61. The van der Waals surface area contributed by atoms with Crippen molar-refractivity contribution in [3.63, 3.8) is 0 Å². The van der Waals surface area contributed by atoms with Gasteiger partial charge in [0.05, 0.1) is 0 Å². The van der Waals surface area contributed by atoms with Gasteiger partial charge >= 0.3 is 17.1 Å². The van der Waals surface area contributed by atoms with E-state index in [0.29, 0.717) is 12.6 Å². The van der Waals surface area contributed by atoms with Crippen molar-refractivity contribution in [3.05, 3.63) is 33.8 Å². The number of hydrogen-bond donors (Lipinski definition) is 3. The molecule has 0 saturated heterocycles. The van der Waals surface area contributed by atoms with Crippen molar-refractivity contribution >= 4 is 87.1 Å². The fourth-order valence-electron chi connectivity index (χ4n) is 3.00. The molecule has 3 rings (SSSR count). The summed E-state index contributed by atoms with van der Waals surface area (Å²) < 4.78 is 1.68. The van der Waals surface area contributed by atoms with Crippen LogP contribution in [0.2, 0.25) is 0 Å². The monoisotopic (exact) mass is 530 g/mol. The number of allylic oxidation sites excluding steroid dienone is 3. The summed E-state index contributed by atoms with van der Waals surface area (Å²) in [5, 5.41) is 0. The minimum Gasteiger partial charge on any atom is -0.428 e. The average molecular weight is 531 g/mol. The molecule has 0 bridgehead atoms. The molecule has 1 radical (unpaired) electrons. The van der Waals surface area contributed by atoms with Crippen LogP contribution in [0.1, 0.15) is 57.8 Å². The van der Waals surface area contributed by atoms with Crippen molar-refractivity contribution in [2.75, 3.05) is 0 Å². The summed E-state index contributed by atoms with van der Waals surface area (Å²) in [6, 6.07) is 0. The molecule has 0 saturated carbocycles. The molecule has 155 valence electrons. The molecule has 0 aromatic heterocycles. The summed E-state index contributed by atoms with van der Waals surface area (Å²) in [5.74, 6) is 0. The quantitative estimate of drug-likeness (QED) is 0.287. The summed E-state index contributed by atoms with van der Waals surface area (Å²) in [4.78, 5) is 0. The molecule has 0 fully saturated rings. The van der Waals surface area contributed by atoms with Gasteiger partial charge in [0.2, 0.25) is 0 Å². The number of hydrogen-bond acceptors (Lipinski definition) is 9. The van der Waals surface area contributed by atoms with Crippen LogP contribution >= 0.6 is 36.7 Å². The van der Waals surface area contributed by atoms with Gasteiger partial charge in [-0.25, -0.2) is 0 Å². The SMILES string of the molecule is NC1=C(C(=S)[S-])CCC1.NC1=C(C(=S)[S-])CCC1.NC1=C(C(=S)[S-])CCC1.[Fe+3]. The first-order chi connectivity index (χ1) is 12.6. The standard InChI is InChI=1S/3C6H9NS2.Fe/c3*7-5-3-1-2-4(5)6(8)9;/h3*1-3,7H2,(H,8,9);/q;;;+3/p-3. The first-order valence-corrected chi connectivity index (χ1v) is 11.2. The van der Waals surface area contributed by atoms with E-state index < -0.39 is 0 Å². The molecule has 0 aliphatic heterocycles. The largest absolute Gasteiger partial charge is 3.00 e. The Hall–Kier alpha value is 0.0695. The number of rotatable bonds is 3. The van der Waals surface area contributed by atoms with Gasteiger partial charge in [-0.1, -0.05) is 0 Å². The van der Waals surface area contributed by atoms with Gasteiger partial charge in [-0.15, -0.1) is 12.6 Å². The van der Waals surface area contributed by atoms with E-state index >= 15 is 0 Å². The van der Waals surface area contributed by atoms with Gasteiger partial charge in [0.25, 0.3) is 0 Å². The van der Waals surface area contributed by atoms with E-state index in [-0.39, 0.29) is 17.1 Å². The maximum Gasteiger partial charge on any atom is 3.00 e. The predicted octanol–water partition coefficient (Wildman–Crippen LogP) is 3.77. The third-order valence-corrected chi connectivity index (χ3v) is 6.00. The maximum atomic E-state index is 5.61. The minimum atomic E-state index is 0. The van der Waals surface area contributed by atoms with Gasteiger partial charge in [0.1, 0.15) is 0 Å². The zero-order chi connectivity index (χ0) is 20.6. The van der Waals surface area contributed by atoms with Gasteiger partial charge < -0.3 is 91.7 Å². The molecule has 3 nitrogen and oxygen atoms in total. The van der Waals surface area contributed by atoms with E-state index in [2.05, 4.69) is 0 Å². The molecule has 6 N–H and O–H groups in total. The van der Waals surface area contributed by atoms with Crippen molar-refractivity contribution in [1.29, 1.82) is 0 Å². The second-order valence-electron chi connectivity index (χ2n) is 6.43. The Morgan fingerprint density at radius 3 is 0.821 bits per heavy atom. The van der Waals surface area contributed by atoms with Crippen LogP contribution in [0.4, 0.5) is 0 Å². The van der Waals surface area contributed by atoms with Gasteiger partial charge in [0, 0.05) is 17.1 Å². The van der Waals surface area contributed by atoms with Crippen LogP contribution in [-0.2, 0) is 55.0 Å².